The van der Waals surface area contributed by atoms with Gasteiger partial charge in [0.2, 0.25) is 0 Å². The van der Waals surface area contributed by atoms with E-state index >= 15 is 0 Å². The van der Waals surface area contributed by atoms with Crippen LogP contribution in [-0.2, 0) is 21.6 Å². The Balaban J connectivity index is 1.14. The first kappa shape index (κ1) is 24.4. The van der Waals surface area contributed by atoms with Gasteiger partial charge in [-0.1, -0.05) is 78.9 Å². The van der Waals surface area contributed by atoms with Crippen molar-refractivity contribution < 1.29 is 19.1 Å². The van der Waals surface area contributed by atoms with E-state index in [1.807, 2.05) is 36.4 Å². The molecule has 3 aliphatic rings. The van der Waals surface area contributed by atoms with E-state index in [-0.39, 0.29) is 6.10 Å². The van der Waals surface area contributed by atoms with Crippen LogP contribution in [0.4, 0.5) is 0 Å². The third-order valence-corrected chi connectivity index (χ3v) is 9.35. The number of carbonyl (C=O) groups excluding carboxylic acids is 1. The van der Waals surface area contributed by atoms with E-state index in [9.17, 15) is 9.90 Å². The van der Waals surface area contributed by atoms with Crippen LogP contribution in [0, 0.1) is 11.8 Å². The van der Waals surface area contributed by atoms with Crippen molar-refractivity contribution in [1.29, 1.82) is 0 Å². The molecule has 0 amide bonds. The Morgan fingerprint density at radius 1 is 0.892 bits per heavy atom. The van der Waals surface area contributed by atoms with Crippen molar-refractivity contribution in [3.8, 4) is 11.1 Å². The Kier molecular flexibility index (Phi) is 6.21. The fourth-order valence-electron chi connectivity index (χ4n) is 7.74. The van der Waals surface area contributed by atoms with Crippen LogP contribution in [0.3, 0.4) is 0 Å². The molecule has 0 radical (unpaired) electrons. The predicted octanol–water partition coefficient (Wildman–Crippen LogP) is 5.08. The number of hydrogen-bond donors (Lipinski definition) is 0. The molecule has 0 aromatic heterocycles. The van der Waals surface area contributed by atoms with E-state index in [1.165, 1.54) is 24.8 Å². The summed E-state index contributed by atoms with van der Waals surface area (Å²) in [5.41, 5.74) is 2.16. The van der Waals surface area contributed by atoms with E-state index in [0.29, 0.717) is 29.0 Å². The molecule has 0 saturated heterocycles. The van der Waals surface area contributed by atoms with Crippen molar-refractivity contribution in [2.45, 2.75) is 56.3 Å². The zero-order chi connectivity index (χ0) is 25.6. The van der Waals surface area contributed by atoms with Crippen molar-refractivity contribution >= 4 is 5.97 Å². The average Bonchev–Trinajstić information content (AvgIpc) is 3.57. The number of rotatable bonds is 8. The zero-order valence-corrected chi connectivity index (χ0v) is 21.9. The molecule has 3 aromatic rings. The Hall–Kier alpha value is -2.95. The van der Waals surface area contributed by atoms with Crippen LogP contribution in [0.5, 0.6) is 0 Å². The summed E-state index contributed by atoms with van der Waals surface area (Å²) in [6.45, 7) is 1.12. The number of ether oxygens (including phenoxy) is 1. The Morgan fingerprint density at radius 3 is 2.19 bits per heavy atom. The van der Waals surface area contributed by atoms with E-state index < -0.39 is 11.6 Å². The first-order chi connectivity index (χ1) is 17.9. The van der Waals surface area contributed by atoms with Crippen molar-refractivity contribution in [1.82, 2.24) is 0 Å². The molecule has 4 nitrogen and oxygen atoms in total. The highest BCUT2D eigenvalue weighted by Gasteiger charge is 2.57. The maximum Gasteiger partial charge on any atom is 0.304 e. The Labute approximate surface area is 220 Å². The number of benzene rings is 3. The molecule has 2 bridgehead atoms. The number of fused-ring (bicyclic) bond motifs is 5. The van der Waals surface area contributed by atoms with Gasteiger partial charge in [0.25, 0.3) is 0 Å². The number of aryl methyl sites for hydroxylation is 1. The van der Waals surface area contributed by atoms with Crippen LogP contribution >= 0.6 is 0 Å². The fourth-order valence-corrected chi connectivity index (χ4v) is 7.74. The van der Waals surface area contributed by atoms with Crippen LogP contribution in [0.1, 0.15) is 48.8 Å². The van der Waals surface area contributed by atoms with Gasteiger partial charge in [-0.3, -0.25) is 4.79 Å². The number of quaternary nitrogens is 1. The van der Waals surface area contributed by atoms with Gasteiger partial charge in [-0.15, -0.1) is 0 Å². The largest absolute Gasteiger partial charge is 0.834 e. The molecule has 2 unspecified atom stereocenters. The molecule has 2 fully saturated rings. The van der Waals surface area contributed by atoms with Gasteiger partial charge in [-0.05, 0) is 66.3 Å². The van der Waals surface area contributed by atoms with Gasteiger partial charge in [-0.25, -0.2) is 0 Å². The standard InChI is InChI=1S/C33H37NO3/c1-34(2,21-11-10-14-23-12-4-3-5-13-23)31-24-19-20-27(31)30(22-24)37-32(35)33(36)28-17-8-6-15-25(28)26-16-7-9-18-29(26)33/h3-9,12-13,15-18,24,27,30-31H,10-11,14,19-22H2,1-2H3/t24?,27-,30+,31?/m1/s1. The number of hydrogen-bond acceptors (Lipinski definition) is 3. The zero-order valence-electron chi connectivity index (χ0n) is 21.9. The maximum absolute atomic E-state index is 14.3. The first-order valence-electron chi connectivity index (χ1n) is 13.9. The van der Waals surface area contributed by atoms with E-state index in [2.05, 4.69) is 44.4 Å². The number of carbonyl (C=O) groups is 1. The van der Waals surface area contributed by atoms with Gasteiger partial charge >= 0.3 is 5.97 Å². The molecule has 4 heteroatoms. The summed E-state index contributed by atoms with van der Waals surface area (Å²) in [6, 6.07) is 26.2. The third kappa shape index (κ3) is 4.11. The highest BCUT2D eigenvalue weighted by molar-refractivity contribution is 5.95. The molecule has 0 spiro atoms. The summed E-state index contributed by atoms with van der Waals surface area (Å²) < 4.78 is 7.16. The number of unbranched alkanes of at least 4 members (excludes halogenated alkanes) is 1. The van der Waals surface area contributed by atoms with E-state index in [1.54, 1.807) is 12.1 Å². The highest BCUT2D eigenvalue weighted by atomic mass is 16.6. The lowest BCUT2D eigenvalue weighted by atomic mass is 9.91. The molecule has 192 valence electrons. The van der Waals surface area contributed by atoms with Crippen LogP contribution in [0.25, 0.3) is 11.1 Å². The van der Waals surface area contributed by atoms with E-state index in [0.717, 1.165) is 41.4 Å². The smallest absolute Gasteiger partial charge is 0.304 e. The van der Waals surface area contributed by atoms with Crippen molar-refractivity contribution in [3.05, 3.63) is 95.6 Å². The summed E-state index contributed by atoms with van der Waals surface area (Å²) in [5, 5.41) is 14.3. The molecule has 4 atom stereocenters. The van der Waals surface area contributed by atoms with Gasteiger partial charge in [0.1, 0.15) is 6.10 Å². The topological polar surface area (TPSA) is 49.4 Å². The predicted molar refractivity (Wildman–Crippen MR) is 144 cm³/mol. The Bertz CT molecular complexity index is 1240. The fraction of sp³-hybridized carbons (Fsp3) is 0.424. The van der Waals surface area contributed by atoms with Gasteiger partial charge in [0.15, 0.2) is 0 Å². The SMILES string of the molecule is C[N+](C)(CCCCc1ccccc1)C1C2CC[C@@H]1[C@@H](OC(=O)C1([O-])c3ccccc3-c3ccccc31)C2. The molecule has 0 N–H and O–H groups in total. The molecule has 0 aliphatic heterocycles. The molecule has 6 rings (SSSR count). The quantitative estimate of drug-likeness (QED) is 0.249. The van der Waals surface area contributed by atoms with Crippen LogP contribution in [0.15, 0.2) is 78.9 Å². The summed E-state index contributed by atoms with van der Waals surface area (Å²) >= 11 is 0. The lowest BCUT2D eigenvalue weighted by Gasteiger charge is -2.40. The van der Waals surface area contributed by atoms with Crippen molar-refractivity contribution in [2.75, 3.05) is 20.6 Å². The van der Waals surface area contributed by atoms with E-state index in [4.69, 9.17) is 4.74 Å². The minimum absolute atomic E-state index is 0.163. The van der Waals surface area contributed by atoms with Crippen molar-refractivity contribution in [2.24, 2.45) is 11.8 Å². The van der Waals surface area contributed by atoms with Gasteiger partial charge in [0, 0.05) is 17.4 Å². The molecule has 3 aromatic carbocycles. The second-order valence-corrected chi connectivity index (χ2v) is 11.9. The molecule has 37 heavy (non-hydrogen) atoms. The molecular weight excluding hydrogens is 458 g/mol. The summed E-state index contributed by atoms with van der Waals surface area (Å²) in [7, 11) is 4.70. The first-order valence-corrected chi connectivity index (χ1v) is 13.9. The molecule has 0 heterocycles. The maximum atomic E-state index is 14.3. The number of nitrogens with zero attached hydrogens (tertiary/aromatic N) is 1. The second-order valence-electron chi connectivity index (χ2n) is 11.9. The molecule has 3 aliphatic carbocycles. The van der Waals surface area contributed by atoms with Gasteiger partial charge < -0.3 is 14.3 Å². The summed E-state index contributed by atoms with van der Waals surface area (Å²) in [4.78, 5) is 13.7. The van der Waals surface area contributed by atoms with Gasteiger partial charge in [-0.2, -0.15) is 0 Å². The lowest BCUT2D eigenvalue weighted by molar-refractivity contribution is -0.919. The molecular formula is C33H37NO3. The minimum Gasteiger partial charge on any atom is -0.834 e. The third-order valence-electron chi connectivity index (χ3n) is 9.35. The Morgan fingerprint density at radius 2 is 1.51 bits per heavy atom. The van der Waals surface area contributed by atoms with Crippen molar-refractivity contribution in [3.63, 3.8) is 0 Å². The second kappa shape index (κ2) is 9.41. The lowest BCUT2D eigenvalue weighted by Crippen LogP contribution is -2.53. The minimum atomic E-state index is -1.99. The van der Waals surface area contributed by atoms with Crippen LogP contribution in [-0.4, -0.2) is 43.2 Å². The van der Waals surface area contributed by atoms with Gasteiger partial charge in [0.05, 0.1) is 26.7 Å². The number of esters is 1. The van der Waals surface area contributed by atoms with Crippen LogP contribution < -0.4 is 5.11 Å². The monoisotopic (exact) mass is 495 g/mol. The normalized spacial score (nSPS) is 25.1. The highest BCUT2D eigenvalue weighted by Crippen LogP contribution is 2.52. The summed E-state index contributed by atoms with van der Waals surface area (Å²) in [5.74, 6) is 0.251. The molecule has 2 saturated carbocycles. The van der Waals surface area contributed by atoms with Crippen LogP contribution in [0.2, 0.25) is 0 Å². The average molecular weight is 496 g/mol. The summed E-state index contributed by atoms with van der Waals surface area (Å²) in [6.07, 6.45) is 6.48.